The van der Waals surface area contributed by atoms with Crippen LogP contribution in [0.4, 0.5) is 10.7 Å². The number of aromatic nitrogens is 2. The highest BCUT2D eigenvalue weighted by Gasteiger charge is 2.28. The van der Waals surface area contributed by atoms with Gasteiger partial charge in [-0.3, -0.25) is 19.8 Å². The van der Waals surface area contributed by atoms with Crippen LogP contribution in [-0.2, 0) is 28.9 Å². The largest absolute Gasteiger partial charge is 0.449 e. The van der Waals surface area contributed by atoms with Crippen molar-refractivity contribution >= 4 is 29.9 Å². The number of hydrogen-bond donors (Lipinski definition) is 3. The van der Waals surface area contributed by atoms with E-state index in [1.165, 1.54) is 0 Å². The van der Waals surface area contributed by atoms with Gasteiger partial charge in [0.05, 0.1) is 12.3 Å². The summed E-state index contributed by atoms with van der Waals surface area (Å²) < 4.78 is 7.08. The summed E-state index contributed by atoms with van der Waals surface area (Å²) >= 11 is 0. The number of nitrogens with one attached hydrogen (secondary N) is 1. The van der Waals surface area contributed by atoms with Gasteiger partial charge in [0.25, 0.3) is 5.91 Å². The van der Waals surface area contributed by atoms with Crippen LogP contribution in [0.2, 0.25) is 0 Å². The molecule has 180 valence electrons. The van der Waals surface area contributed by atoms with Crippen LogP contribution < -0.4 is 11.1 Å². The molecule has 1 fully saturated rings. The van der Waals surface area contributed by atoms with E-state index in [0.29, 0.717) is 62.6 Å². The van der Waals surface area contributed by atoms with E-state index in [4.69, 9.17) is 10.5 Å². The lowest BCUT2D eigenvalue weighted by molar-refractivity contribution is -0.118. The van der Waals surface area contributed by atoms with Crippen LogP contribution in [0.3, 0.4) is 0 Å². The zero-order chi connectivity index (χ0) is 24.1. The van der Waals surface area contributed by atoms with Crippen molar-refractivity contribution < 1.29 is 24.2 Å². The number of aliphatic hydroxyl groups is 1. The van der Waals surface area contributed by atoms with Crippen LogP contribution in [0.1, 0.15) is 53.0 Å². The topological polar surface area (TPSA) is 140 Å². The summed E-state index contributed by atoms with van der Waals surface area (Å²) in [7, 11) is 0. The molecule has 0 radical (unpaired) electrons. The number of nitrogens with two attached hydrogens (primary N) is 1. The van der Waals surface area contributed by atoms with Crippen LogP contribution in [0.5, 0.6) is 0 Å². The first kappa shape index (κ1) is 23.5. The summed E-state index contributed by atoms with van der Waals surface area (Å²) in [5.74, 6) is -0.321. The number of anilines is 1. The van der Waals surface area contributed by atoms with E-state index in [9.17, 15) is 19.5 Å². The lowest BCUT2D eigenvalue weighted by Gasteiger charge is -2.30. The molecule has 10 heteroatoms. The highest BCUT2D eigenvalue weighted by atomic mass is 16.6. The number of rotatable bonds is 9. The number of allylic oxidation sites excluding steroid dienone is 1. The fraction of sp³-hybridized carbons (Fsp3) is 0.417. The SMILES string of the molecule is NC(=O)CCc1cccc(C(=O)Nc2nc3c(n2CCCO)CCC(N2CCCOC2=O)=C3)c1. The molecule has 0 atom stereocenters. The number of aryl methyl sites for hydroxylation is 1. The summed E-state index contributed by atoms with van der Waals surface area (Å²) in [6.45, 7) is 1.56. The number of carbonyl (C=O) groups is 3. The van der Waals surface area contributed by atoms with Crippen molar-refractivity contribution in [2.45, 2.75) is 45.1 Å². The Bertz CT molecular complexity index is 1120. The standard InChI is InChI=1S/C24H29N5O5/c25-21(31)9-6-16-4-1-5-17(14-16)22(32)27-23-26-19-15-18(28-11-3-13-34-24(28)33)7-8-20(19)29(23)10-2-12-30/h1,4-5,14-15,30H,2-3,6-13H2,(H2,25,31)(H,26,27,32). The molecular weight excluding hydrogens is 438 g/mol. The van der Waals surface area contributed by atoms with Gasteiger partial charge in [-0.1, -0.05) is 12.1 Å². The zero-order valence-corrected chi connectivity index (χ0v) is 19.0. The number of cyclic esters (lactones) is 1. The van der Waals surface area contributed by atoms with Crippen molar-refractivity contribution in [3.05, 3.63) is 52.5 Å². The number of benzene rings is 1. The van der Waals surface area contributed by atoms with E-state index < -0.39 is 5.91 Å². The Morgan fingerprint density at radius 2 is 2.12 bits per heavy atom. The summed E-state index contributed by atoms with van der Waals surface area (Å²) in [6.07, 6.45) is 4.81. The molecule has 0 saturated carbocycles. The highest BCUT2D eigenvalue weighted by Crippen LogP contribution is 2.30. The van der Waals surface area contributed by atoms with Gasteiger partial charge in [-0.2, -0.15) is 0 Å². The average Bonchev–Trinajstić information content (AvgIpc) is 3.17. The predicted molar refractivity (Wildman–Crippen MR) is 125 cm³/mol. The number of nitrogens with zero attached hydrogens (tertiary/aromatic N) is 3. The van der Waals surface area contributed by atoms with E-state index in [1.54, 1.807) is 23.1 Å². The Hall–Kier alpha value is -3.66. The highest BCUT2D eigenvalue weighted by molar-refractivity contribution is 6.03. The van der Waals surface area contributed by atoms with Crippen molar-refractivity contribution in [3.63, 3.8) is 0 Å². The summed E-state index contributed by atoms with van der Waals surface area (Å²) in [5.41, 5.74) is 9.02. The average molecular weight is 468 g/mol. The van der Waals surface area contributed by atoms with Gasteiger partial charge in [0, 0.05) is 43.1 Å². The molecule has 4 rings (SSSR count). The first-order valence-electron chi connectivity index (χ1n) is 11.5. The van der Waals surface area contributed by atoms with Crippen molar-refractivity contribution in [3.8, 4) is 0 Å². The third-order valence-electron chi connectivity index (χ3n) is 5.96. The first-order chi connectivity index (χ1) is 16.5. The number of imidazole rings is 1. The second kappa shape index (κ2) is 10.5. The number of aliphatic hydroxyl groups excluding tert-OH is 1. The maximum absolute atomic E-state index is 13.0. The van der Waals surface area contributed by atoms with Gasteiger partial charge in [-0.15, -0.1) is 0 Å². The maximum Gasteiger partial charge on any atom is 0.414 e. The Balaban J connectivity index is 1.57. The van der Waals surface area contributed by atoms with Gasteiger partial charge in [0.15, 0.2) is 0 Å². The number of amides is 3. The third kappa shape index (κ3) is 5.28. The van der Waals surface area contributed by atoms with Crippen LogP contribution in [0.15, 0.2) is 30.0 Å². The molecule has 4 N–H and O–H groups in total. The van der Waals surface area contributed by atoms with E-state index in [2.05, 4.69) is 10.3 Å². The number of primary amides is 1. The zero-order valence-electron chi connectivity index (χ0n) is 19.0. The normalized spacial score (nSPS) is 15.4. The molecular formula is C24H29N5O5. The molecule has 0 spiro atoms. The summed E-state index contributed by atoms with van der Waals surface area (Å²) in [6, 6.07) is 7.04. The van der Waals surface area contributed by atoms with Crippen LogP contribution in [0, 0.1) is 0 Å². The maximum atomic E-state index is 13.0. The summed E-state index contributed by atoms with van der Waals surface area (Å²) in [5, 5.41) is 12.3. The van der Waals surface area contributed by atoms with Gasteiger partial charge in [0.2, 0.25) is 11.9 Å². The molecule has 2 aromatic rings. The minimum atomic E-state index is -0.392. The second-order valence-corrected chi connectivity index (χ2v) is 8.37. The second-order valence-electron chi connectivity index (χ2n) is 8.37. The molecule has 2 heterocycles. The Kier molecular flexibility index (Phi) is 7.27. The van der Waals surface area contributed by atoms with Crippen LogP contribution in [-0.4, -0.2) is 57.2 Å². The molecule has 2 aliphatic rings. The Labute approximate surface area is 197 Å². The van der Waals surface area contributed by atoms with Crippen LogP contribution >= 0.6 is 0 Å². The van der Waals surface area contributed by atoms with Gasteiger partial charge < -0.3 is 20.1 Å². The minimum Gasteiger partial charge on any atom is -0.449 e. The van der Waals surface area contributed by atoms with Crippen molar-refractivity contribution in [2.75, 3.05) is 25.1 Å². The Morgan fingerprint density at radius 1 is 1.26 bits per heavy atom. The summed E-state index contributed by atoms with van der Waals surface area (Å²) in [4.78, 5) is 42.5. The smallest absolute Gasteiger partial charge is 0.414 e. The Morgan fingerprint density at radius 3 is 2.88 bits per heavy atom. The van der Waals surface area contributed by atoms with Gasteiger partial charge in [-0.25, -0.2) is 9.78 Å². The lowest BCUT2D eigenvalue weighted by Crippen LogP contribution is -2.37. The molecule has 10 nitrogen and oxygen atoms in total. The number of hydrogen-bond acceptors (Lipinski definition) is 6. The van der Waals surface area contributed by atoms with Gasteiger partial charge in [-0.05, 0) is 55.9 Å². The van der Waals surface area contributed by atoms with Crippen molar-refractivity contribution in [2.24, 2.45) is 5.73 Å². The molecule has 1 aromatic carbocycles. The monoisotopic (exact) mass is 467 g/mol. The predicted octanol–water partition coefficient (Wildman–Crippen LogP) is 2.07. The molecule has 1 aliphatic carbocycles. The number of fused-ring (bicyclic) bond motifs is 1. The number of carbonyl (C=O) groups excluding carboxylic acids is 3. The third-order valence-corrected chi connectivity index (χ3v) is 5.96. The quantitative estimate of drug-likeness (QED) is 0.516. The minimum absolute atomic E-state index is 0.0168. The molecule has 0 unspecified atom stereocenters. The first-order valence-corrected chi connectivity index (χ1v) is 11.5. The molecule has 1 aliphatic heterocycles. The van der Waals surface area contributed by atoms with Crippen LogP contribution in [0.25, 0.3) is 6.08 Å². The van der Waals surface area contributed by atoms with E-state index in [-0.39, 0.29) is 25.0 Å². The fourth-order valence-electron chi connectivity index (χ4n) is 4.26. The van der Waals surface area contributed by atoms with Gasteiger partial charge >= 0.3 is 6.09 Å². The fourth-order valence-corrected chi connectivity index (χ4v) is 4.26. The van der Waals surface area contributed by atoms with E-state index in [0.717, 1.165) is 23.4 Å². The number of ether oxygens (including phenoxy) is 1. The lowest BCUT2D eigenvalue weighted by atomic mass is 10.0. The molecule has 0 bridgehead atoms. The van der Waals surface area contributed by atoms with Crippen molar-refractivity contribution in [1.29, 1.82) is 0 Å². The van der Waals surface area contributed by atoms with Crippen molar-refractivity contribution in [1.82, 2.24) is 14.5 Å². The van der Waals surface area contributed by atoms with E-state index >= 15 is 0 Å². The molecule has 1 aromatic heterocycles. The van der Waals surface area contributed by atoms with Gasteiger partial charge in [0.1, 0.15) is 0 Å². The molecule has 3 amide bonds. The molecule has 1 saturated heterocycles. The molecule has 34 heavy (non-hydrogen) atoms. The van der Waals surface area contributed by atoms with E-state index in [1.807, 2.05) is 16.7 Å².